The fraction of sp³-hybridized carbons (Fsp3) is 0.300. The van der Waals surface area contributed by atoms with E-state index in [1.165, 1.54) is 7.11 Å². The molecule has 0 aliphatic rings. The number of halogens is 1. The molecule has 2 aromatic rings. The highest BCUT2D eigenvalue weighted by Gasteiger charge is 2.21. The lowest BCUT2D eigenvalue weighted by atomic mass is 10.2. The van der Waals surface area contributed by atoms with Crippen LogP contribution < -0.4 is 0 Å². The van der Waals surface area contributed by atoms with E-state index in [4.69, 9.17) is 16.0 Å². The molecule has 0 atom stereocenters. The summed E-state index contributed by atoms with van der Waals surface area (Å²) in [5.41, 5.74) is 0.891. The predicted molar refractivity (Wildman–Crippen MR) is 57.6 cm³/mol. The minimum absolute atomic E-state index is 0.110. The number of fused-ring (bicyclic) bond motifs is 1. The van der Waals surface area contributed by atoms with E-state index in [1.54, 1.807) is 13.8 Å². The molecule has 0 bridgehead atoms. The predicted octanol–water partition coefficient (Wildman–Crippen LogP) is 2.28. The number of furan rings is 1. The van der Waals surface area contributed by atoms with Crippen LogP contribution in [0.2, 0.25) is 5.15 Å². The molecule has 0 aliphatic carbocycles. The standard InChI is InChI=1S/C10H9ClN2O3/c1-4-6-8(11)12-5(2)13-9(6)16-7(4)10(14)15-3/h1-3H3. The number of hydrogen-bond donors (Lipinski definition) is 0. The van der Waals surface area contributed by atoms with Crippen LogP contribution in [0.5, 0.6) is 0 Å². The summed E-state index contributed by atoms with van der Waals surface area (Å²) < 4.78 is 9.90. The number of rotatable bonds is 1. The van der Waals surface area contributed by atoms with Gasteiger partial charge in [-0.15, -0.1) is 0 Å². The maximum Gasteiger partial charge on any atom is 0.374 e. The van der Waals surface area contributed by atoms with Crippen molar-refractivity contribution in [1.29, 1.82) is 0 Å². The number of hydrogen-bond acceptors (Lipinski definition) is 5. The Hall–Kier alpha value is -1.62. The molecule has 6 heteroatoms. The highest BCUT2D eigenvalue weighted by atomic mass is 35.5. The van der Waals surface area contributed by atoms with Crippen LogP contribution in [0, 0.1) is 13.8 Å². The Morgan fingerprint density at radius 3 is 2.69 bits per heavy atom. The maximum absolute atomic E-state index is 11.4. The lowest BCUT2D eigenvalue weighted by molar-refractivity contribution is 0.0566. The van der Waals surface area contributed by atoms with Gasteiger partial charge in [-0.1, -0.05) is 11.6 Å². The summed E-state index contributed by atoms with van der Waals surface area (Å²) in [6.07, 6.45) is 0. The Balaban J connectivity index is 2.78. The van der Waals surface area contributed by atoms with E-state index < -0.39 is 5.97 Å². The molecule has 0 amide bonds. The molecule has 0 aromatic carbocycles. The molecule has 0 saturated carbocycles. The van der Waals surface area contributed by atoms with E-state index in [1.807, 2.05) is 0 Å². The normalized spacial score (nSPS) is 10.8. The Bertz CT molecular complexity index is 577. The van der Waals surface area contributed by atoms with E-state index in [2.05, 4.69) is 14.7 Å². The zero-order valence-electron chi connectivity index (χ0n) is 9.00. The summed E-state index contributed by atoms with van der Waals surface area (Å²) in [5, 5.41) is 0.826. The highest BCUT2D eigenvalue weighted by molar-refractivity contribution is 6.34. The second-order valence-electron chi connectivity index (χ2n) is 3.29. The van der Waals surface area contributed by atoms with E-state index in [-0.39, 0.29) is 10.9 Å². The number of methoxy groups -OCH3 is 1. The second-order valence-corrected chi connectivity index (χ2v) is 3.65. The minimum atomic E-state index is -0.552. The van der Waals surface area contributed by atoms with Crippen LogP contribution in [0.1, 0.15) is 21.9 Å². The first-order valence-corrected chi connectivity index (χ1v) is 4.94. The van der Waals surface area contributed by atoms with Gasteiger partial charge in [0.05, 0.1) is 12.5 Å². The van der Waals surface area contributed by atoms with Crippen molar-refractivity contribution in [1.82, 2.24) is 9.97 Å². The highest BCUT2D eigenvalue weighted by Crippen LogP contribution is 2.29. The smallest absolute Gasteiger partial charge is 0.374 e. The van der Waals surface area contributed by atoms with E-state index >= 15 is 0 Å². The van der Waals surface area contributed by atoms with Gasteiger partial charge >= 0.3 is 5.97 Å². The molecule has 0 fully saturated rings. The van der Waals surface area contributed by atoms with Gasteiger partial charge in [0.2, 0.25) is 11.5 Å². The van der Waals surface area contributed by atoms with Crippen molar-refractivity contribution in [2.45, 2.75) is 13.8 Å². The number of aromatic nitrogens is 2. The van der Waals surface area contributed by atoms with Crippen LogP contribution in [-0.4, -0.2) is 23.0 Å². The molecular formula is C10H9ClN2O3. The zero-order chi connectivity index (χ0) is 11.9. The van der Waals surface area contributed by atoms with Crippen LogP contribution in [0.15, 0.2) is 4.42 Å². The number of esters is 1. The summed E-state index contributed by atoms with van der Waals surface area (Å²) in [6.45, 7) is 3.41. The molecule has 0 unspecified atom stereocenters. The van der Waals surface area contributed by atoms with Gasteiger partial charge in [0, 0.05) is 5.56 Å². The molecule has 2 aromatic heterocycles. The lowest BCUT2D eigenvalue weighted by Crippen LogP contribution is -2.00. The molecule has 5 nitrogen and oxygen atoms in total. The molecule has 2 rings (SSSR count). The summed E-state index contributed by atoms with van der Waals surface area (Å²) in [6, 6.07) is 0. The number of aryl methyl sites for hydroxylation is 2. The first kappa shape index (κ1) is 10.9. The van der Waals surface area contributed by atoms with E-state index in [0.29, 0.717) is 22.5 Å². The largest absolute Gasteiger partial charge is 0.463 e. The molecule has 0 radical (unpaired) electrons. The number of carbonyl (C=O) groups is 1. The summed E-state index contributed by atoms with van der Waals surface area (Å²) in [5.74, 6) is 0.0474. The van der Waals surface area contributed by atoms with Crippen molar-refractivity contribution in [3.05, 3.63) is 22.3 Å². The summed E-state index contributed by atoms with van der Waals surface area (Å²) in [4.78, 5) is 19.5. The SMILES string of the molecule is COC(=O)c1oc2nc(C)nc(Cl)c2c1C. The fourth-order valence-corrected chi connectivity index (χ4v) is 1.82. The third-order valence-electron chi connectivity index (χ3n) is 2.23. The van der Waals surface area contributed by atoms with Gasteiger partial charge in [0.1, 0.15) is 11.0 Å². The second kappa shape index (κ2) is 3.75. The van der Waals surface area contributed by atoms with Crippen molar-refractivity contribution in [3.8, 4) is 0 Å². The Labute approximate surface area is 96.4 Å². The Kier molecular flexibility index (Phi) is 2.55. The summed E-state index contributed by atoms with van der Waals surface area (Å²) >= 11 is 5.97. The van der Waals surface area contributed by atoms with Crippen LogP contribution in [0.3, 0.4) is 0 Å². The van der Waals surface area contributed by atoms with Crippen LogP contribution in [0.4, 0.5) is 0 Å². The molecular weight excluding hydrogens is 232 g/mol. The number of nitrogens with zero attached hydrogens (tertiary/aromatic N) is 2. The maximum atomic E-state index is 11.4. The van der Waals surface area contributed by atoms with E-state index in [0.717, 1.165) is 0 Å². The van der Waals surface area contributed by atoms with Crippen LogP contribution in [0.25, 0.3) is 11.1 Å². The molecule has 0 saturated heterocycles. The quantitative estimate of drug-likeness (QED) is 0.565. The lowest BCUT2D eigenvalue weighted by Gasteiger charge is -1.95. The topological polar surface area (TPSA) is 65.2 Å². The molecule has 0 aliphatic heterocycles. The van der Waals surface area contributed by atoms with Crippen molar-refractivity contribution >= 4 is 28.7 Å². The average molecular weight is 241 g/mol. The van der Waals surface area contributed by atoms with Crippen molar-refractivity contribution in [3.63, 3.8) is 0 Å². The first-order chi connectivity index (χ1) is 7.54. The van der Waals surface area contributed by atoms with Gasteiger partial charge in [-0.25, -0.2) is 9.78 Å². The molecule has 0 N–H and O–H groups in total. The van der Waals surface area contributed by atoms with Gasteiger partial charge in [0.15, 0.2) is 0 Å². The van der Waals surface area contributed by atoms with Gasteiger partial charge < -0.3 is 9.15 Å². The minimum Gasteiger partial charge on any atom is -0.463 e. The van der Waals surface area contributed by atoms with Crippen molar-refractivity contribution in [2.24, 2.45) is 0 Å². The van der Waals surface area contributed by atoms with Crippen LogP contribution in [-0.2, 0) is 4.74 Å². The third-order valence-corrected chi connectivity index (χ3v) is 2.50. The van der Waals surface area contributed by atoms with Crippen molar-refractivity contribution < 1.29 is 13.9 Å². The molecule has 84 valence electrons. The zero-order valence-corrected chi connectivity index (χ0v) is 9.75. The first-order valence-electron chi connectivity index (χ1n) is 4.56. The van der Waals surface area contributed by atoms with Gasteiger partial charge in [0.25, 0.3) is 0 Å². The summed E-state index contributed by atoms with van der Waals surface area (Å²) in [7, 11) is 1.29. The monoisotopic (exact) mass is 240 g/mol. The van der Waals surface area contributed by atoms with Crippen LogP contribution >= 0.6 is 11.6 Å². The fourth-order valence-electron chi connectivity index (χ4n) is 1.48. The number of ether oxygens (including phenoxy) is 1. The van der Waals surface area contributed by atoms with Gasteiger partial charge in [-0.2, -0.15) is 4.98 Å². The molecule has 0 spiro atoms. The third kappa shape index (κ3) is 1.53. The number of carbonyl (C=O) groups excluding carboxylic acids is 1. The Morgan fingerprint density at radius 1 is 1.38 bits per heavy atom. The van der Waals surface area contributed by atoms with Gasteiger partial charge in [-0.05, 0) is 13.8 Å². The average Bonchev–Trinajstić information content (AvgIpc) is 2.54. The Morgan fingerprint density at radius 2 is 2.06 bits per heavy atom. The molecule has 2 heterocycles. The van der Waals surface area contributed by atoms with E-state index in [9.17, 15) is 4.79 Å². The van der Waals surface area contributed by atoms with Crippen molar-refractivity contribution in [2.75, 3.05) is 7.11 Å². The van der Waals surface area contributed by atoms with Gasteiger partial charge in [-0.3, -0.25) is 0 Å². The molecule has 16 heavy (non-hydrogen) atoms.